The van der Waals surface area contributed by atoms with Gasteiger partial charge in [0.15, 0.2) is 0 Å². The van der Waals surface area contributed by atoms with Gasteiger partial charge < -0.3 is 15.6 Å². The van der Waals surface area contributed by atoms with Crippen molar-refractivity contribution in [3.05, 3.63) is 35.9 Å². The summed E-state index contributed by atoms with van der Waals surface area (Å²) < 4.78 is 4.33. The average molecular weight is 253 g/mol. The number of carbonyl (C=O) groups excluding carboxylic acids is 2. The Kier molecular flexibility index (Phi) is 7.59. The van der Waals surface area contributed by atoms with Crippen molar-refractivity contribution in [1.29, 1.82) is 0 Å². The first kappa shape index (κ1) is 15.6. The normalized spacial score (nSPS) is 8.72. The molecule has 1 aromatic carbocycles. The lowest BCUT2D eigenvalue weighted by Crippen LogP contribution is -2.09. The van der Waals surface area contributed by atoms with Gasteiger partial charge in [-0.2, -0.15) is 0 Å². The SMILES string of the molecule is CCOC(=O)CC(=O)O.NC(=O)c1ccccc1. The predicted octanol–water partition coefficient (Wildman–Crippen LogP) is 0.810. The molecule has 0 fully saturated rings. The number of hydrogen-bond acceptors (Lipinski definition) is 4. The number of hydrogen-bond donors (Lipinski definition) is 2. The van der Waals surface area contributed by atoms with Crippen LogP contribution in [-0.4, -0.2) is 29.6 Å². The highest BCUT2D eigenvalue weighted by Gasteiger charge is 2.06. The maximum Gasteiger partial charge on any atom is 0.317 e. The van der Waals surface area contributed by atoms with Crippen LogP contribution >= 0.6 is 0 Å². The van der Waals surface area contributed by atoms with Crippen LogP contribution in [-0.2, 0) is 14.3 Å². The Morgan fingerprint density at radius 2 is 1.78 bits per heavy atom. The van der Waals surface area contributed by atoms with Crippen molar-refractivity contribution in [2.45, 2.75) is 13.3 Å². The van der Waals surface area contributed by atoms with Crippen LogP contribution in [0.15, 0.2) is 30.3 Å². The van der Waals surface area contributed by atoms with Gasteiger partial charge in [0.25, 0.3) is 0 Å². The highest BCUT2D eigenvalue weighted by molar-refractivity contribution is 5.92. The summed E-state index contributed by atoms with van der Waals surface area (Å²) >= 11 is 0. The molecule has 3 N–H and O–H groups in total. The second kappa shape index (κ2) is 8.74. The first-order chi connectivity index (χ1) is 8.47. The molecule has 0 bridgehead atoms. The molecular weight excluding hydrogens is 238 g/mol. The van der Waals surface area contributed by atoms with E-state index in [4.69, 9.17) is 10.8 Å². The number of carbonyl (C=O) groups is 3. The summed E-state index contributed by atoms with van der Waals surface area (Å²) in [5.41, 5.74) is 5.53. The number of primary amides is 1. The summed E-state index contributed by atoms with van der Waals surface area (Å²) in [4.78, 5) is 30.5. The number of aliphatic carboxylic acids is 1. The maximum absolute atomic E-state index is 10.4. The van der Waals surface area contributed by atoms with Crippen LogP contribution in [0.1, 0.15) is 23.7 Å². The van der Waals surface area contributed by atoms with Crippen LogP contribution in [0.4, 0.5) is 0 Å². The Labute approximate surface area is 104 Å². The number of carboxylic acid groups (broad SMARTS) is 1. The van der Waals surface area contributed by atoms with E-state index in [1.54, 1.807) is 31.2 Å². The Morgan fingerprint density at radius 3 is 2.11 bits per heavy atom. The summed E-state index contributed by atoms with van der Waals surface area (Å²) in [6.07, 6.45) is -0.548. The monoisotopic (exact) mass is 253 g/mol. The zero-order valence-corrected chi connectivity index (χ0v) is 9.96. The molecule has 1 amide bonds. The van der Waals surface area contributed by atoms with Crippen molar-refractivity contribution in [3.63, 3.8) is 0 Å². The van der Waals surface area contributed by atoms with Gasteiger partial charge in [-0.3, -0.25) is 14.4 Å². The lowest BCUT2D eigenvalue weighted by Gasteiger charge is -1.95. The van der Waals surface area contributed by atoms with E-state index in [0.29, 0.717) is 5.56 Å². The van der Waals surface area contributed by atoms with Crippen LogP contribution in [0, 0.1) is 0 Å². The standard InChI is InChI=1S/C7H7NO.C5H8O4/c8-7(9)6-4-2-1-3-5-6;1-2-9-5(8)3-4(6)7/h1-5H,(H2,8,9);2-3H2,1H3,(H,6,7). The van der Waals surface area contributed by atoms with Crippen LogP contribution in [0.5, 0.6) is 0 Å². The van der Waals surface area contributed by atoms with Crippen molar-refractivity contribution >= 4 is 17.8 Å². The van der Waals surface area contributed by atoms with Crippen molar-refractivity contribution in [1.82, 2.24) is 0 Å². The van der Waals surface area contributed by atoms with E-state index in [1.807, 2.05) is 6.07 Å². The quantitative estimate of drug-likeness (QED) is 0.610. The van der Waals surface area contributed by atoms with E-state index in [0.717, 1.165) is 0 Å². The zero-order chi connectivity index (χ0) is 14.0. The number of rotatable bonds is 4. The first-order valence-electron chi connectivity index (χ1n) is 5.19. The van der Waals surface area contributed by atoms with Gasteiger partial charge in [0.2, 0.25) is 5.91 Å². The fourth-order valence-corrected chi connectivity index (χ4v) is 0.938. The van der Waals surface area contributed by atoms with E-state index in [9.17, 15) is 14.4 Å². The molecule has 0 radical (unpaired) electrons. The fourth-order valence-electron chi connectivity index (χ4n) is 0.938. The van der Waals surface area contributed by atoms with Gasteiger partial charge in [-0.1, -0.05) is 18.2 Å². The minimum Gasteiger partial charge on any atom is -0.481 e. The molecule has 0 saturated carbocycles. The van der Waals surface area contributed by atoms with Crippen molar-refractivity contribution in [3.8, 4) is 0 Å². The number of benzene rings is 1. The molecule has 18 heavy (non-hydrogen) atoms. The molecule has 0 saturated heterocycles. The summed E-state index contributed by atoms with van der Waals surface area (Å²) in [6.45, 7) is 1.85. The number of esters is 1. The number of carboxylic acids is 1. The molecule has 6 nitrogen and oxygen atoms in total. The van der Waals surface area contributed by atoms with Crippen LogP contribution in [0.2, 0.25) is 0 Å². The Morgan fingerprint density at radius 1 is 1.22 bits per heavy atom. The summed E-state index contributed by atoms with van der Waals surface area (Å²) in [6, 6.07) is 8.76. The molecule has 0 aliphatic rings. The number of ether oxygens (including phenoxy) is 1. The molecule has 1 aromatic rings. The smallest absolute Gasteiger partial charge is 0.317 e. The largest absolute Gasteiger partial charge is 0.481 e. The fraction of sp³-hybridized carbons (Fsp3) is 0.250. The third-order valence-electron chi connectivity index (χ3n) is 1.66. The van der Waals surface area contributed by atoms with Gasteiger partial charge in [-0.15, -0.1) is 0 Å². The zero-order valence-electron chi connectivity index (χ0n) is 9.96. The lowest BCUT2D eigenvalue weighted by atomic mass is 10.2. The van der Waals surface area contributed by atoms with Gasteiger partial charge in [0.1, 0.15) is 6.42 Å². The van der Waals surface area contributed by atoms with E-state index in [-0.39, 0.29) is 12.5 Å². The highest BCUT2D eigenvalue weighted by Crippen LogP contribution is 1.94. The maximum atomic E-state index is 10.4. The topological polar surface area (TPSA) is 107 Å². The van der Waals surface area contributed by atoms with Crippen LogP contribution in [0.3, 0.4) is 0 Å². The lowest BCUT2D eigenvalue weighted by molar-refractivity contribution is -0.150. The van der Waals surface area contributed by atoms with Gasteiger partial charge >= 0.3 is 11.9 Å². The van der Waals surface area contributed by atoms with E-state index in [1.165, 1.54) is 0 Å². The molecule has 0 heterocycles. The molecule has 0 aliphatic heterocycles. The Hall–Kier alpha value is -2.37. The summed E-state index contributed by atoms with van der Waals surface area (Å²) in [7, 11) is 0. The molecule has 0 aromatic heterocycles. The van der Waals surface area contributed by atoms with Crippen molar-refractivity contribution < 1.29 is 24.2 Å². The first-order valence-corrected chi connectivity index (χ1v) is 5.19. The molecular formula is C12H15NO5. The second-order valence-corrected chi connectivity index (χ2v) is 3.11. The second-order valence-electron chi connectivity index (χ2n) is 3.11. The Bertz CT molecular complexity index is 402. The van der Waals surface area contributed by atoms with E-state index >= 15 is 0 Å². The molecule has 98 valence electrons. The van der Waals surface area contributed by atoms with Gasteiger partial charge in [0, 0.05) is 5.56 Å². The number of amides is 1. The molecule has 1 rings (SSSR count). The van der Waals surface area contributed by atoms with Crippen LogP contribution < -0.4 is 5.73 Å². The molecule has 0 aliphatic carbocycles. The molecule has 0 spiro atoms. The van der Waals surface area contributed by atoms with Gasteiger partial charge in [0.05, 0.1) is 6.61 Å². The minimum atomic E-state index is -1.16. The van der Waals surface area contributed by atoms with Gasteiger partial charge in [-0.25, -0.2) is 0 Å². The van der Waals surface area contributed by atoms with E-state index in [2.05, 4.69) is 4.74 Å². The number of nitrogens with two attached hydrogens (primary N) is 1. The highest BCUT2D eigenvalue weighted by atomic mass is 16.5. The minimum absolute atomic E-state index is 0.228. The average Bonchev–Trinajstić information content (AvgIpc) is 2.30. The van der Waals surface area contributed by atoms with Crippen molar-refractivity contribution in [2.75, 3.05) is 6.61 Å². The van der Waals surface area contributed by atoms with Crippen molar-refractivity contribution in [2.24, 2.45) is 5.73 Å². The summed E-state index contributed by atoms with van der Waals surface area (Å²) in [5.74, 6) is -2.23. The molecule has 0 unspecified atom stereocenters. The Balaban J connectivity index is 0.000000321. The van der Waals surface area contributed by atoms with E-state index < -0.39 is 18.4 Å². The third-order valence-corrected chi connectivity index (χ3v) is 1.66. The molecule has 0 atom stereocenters. The van der Waals surface area contributed by atoms with Gasteiger partial charge in [-0.05, 0) is 19.1 Å². The third kappa shape index (κ3) is 7.86. The predicted molar refractivity (Wildman–Crippen MR) is 63.8 cm³/mol. The molecule has 6 heteroatoms. The summed E-state index contributed by atoms with van der Waals surface area (Å²) in [5, 5.41) is 8.01. The van der Waals surface area contributed by atoms with Crippen LogP contribution in [0.25, 0.3) is 0 Å².